The Balaban J connectivity index is 2.56. The van der Waals surface area contributed by atoms with Gasteiger partial charge in [-0.05, 0) is 23.8 Å². The van der Waals surface area contributed by atoms with E-state index in [1.165, 1.54) is 12.3 Å². The fourth-order valence-electron chi connectivity index (χ4n) is 1.72. The van der Waals surface area contributed by atoms with Gasteiger partial charge in [-0.1, -0.05) is 6.07 Å². The van der Waals surface area contributed by atoms with E-state index in [1.54, 1.807) is 0 Å². The van der Waals surface area contributed by atoms with Crippen molar-refractivity contribution >= 4 is 5.97 Å². The molecule has 7 heteroatoms. The van der Waals surface area contributed by atoms with Gasteiger partial charge in [-0.15, -0.1) is 0 Å². The quantitative estimate of drug-likeness (QED) is 0.858. The number of nitrogens with zero attached hydrogens (tertiary/aromatic N) is 1. The Hall–Kier alpha value is -2.44. The van der Waals surface area contributed by atoms with Crippen molar-refractivity contribution in [3.63, 3.8) is 0 Å². The van der Waals surface area contributed by atoms with Gasteiger partial charge in [0.15, 0.2) is 0 Å². The van der Waals surface area contributed by atoms with Crippen LogP contribution in [0.1, 0.15) is 15.9 Å². The van der Waals surface area contributed by atoms with Crippen molar-refractivity contribution in [2.75, 3.05) is 0 Å². The lowest BCUT2D eigenvalue weighted by molar-refractivity contribution is -0.139. The van der Waals surface area contributed by atoms with Crippen molar-refractivity contribution in [3.05, 3.63) is 53.6 Å². The van der Waals surface area contributed by atoms with Gasteiger partial charge in [-0.25, -0.2) is 9.18 Å². The van der Waals surface area contributed by atoms with Gasteiger partial charge in [-0.2, -0.15) is 13.2 Å². The first kappa shape index (κ1) is 14.0. The van der Waals surface area contributed by atoms with Gasteiger partial charge in [0.05, 0.1) is 11.1 Å². The first-order chi connectivity index (χ1) is 9.30. The van der Waals surface area contributed by atoms with Crippen LogP contribution in [0.4, 0.5) is 17.6 Å². The molecule has 104 valence electrons. The highest BCUT2D eigenvalue weighted by atomic mass is 19.4. The van der Waals surface area contributed by atoms with Crippen LogP contribution in [-0.2, 0) is 6.18 Å². The lowest BCUT2D eigenvalue weighted by Crippen LogP contribution is -2.08. The summed E-state index contributed by atoms with van der Waals surface area (Å²) >= 11 is 0. The number of carboxylic acids is 1. The van der Waals surface area contributed by atoms with E-state index >= 15 is 0 Å². The van der Waals surface area contributed by atoms with Crippen molar-refractivity contribution in [1.82, 2.24) is 4.98 Å². The third-order valence-electron chi connectivity index (χ3n) is 2.64. The van der Waals surface area contributed by atoms with Crippen LogP contribution in [0.15, 0.2) is 36.7 Å². The SMILES string of the molecule is O=C(O)c1ccncc1-c1ccc(C(F)(F)F)c(F)c1. The molecule has 0 aliphatic rings. The molecule has 3 nitrogen and oxygen atoms in total. The van der Waals surface area contributed by atoms with Gasteiger partial charge >= 0.3 is 12.1 Å². The number of benzene rings is 1. The van der Waals surface area contributed by atoms with Gasteiger partial charge in [0.2, 0.25) is 0 Å². The Kier molecular flexibility index (Phi) is 3.44. The van der Waals surface area contributed by atoms with Crippen molar-refractivity contribution in [2.45, 2.75) is 6.18 Å². The van der Waals surface area contributed by atoms with Crippen molar-refractivity contribution in [1.29, 1.82) is 0 Å². The fourth-order valence-corrected chi connectivity index (χ4v) is 1.72. The Morgan fingerprint density at radius 1 is 1.20 bits per heavy atom. The zero-order valence-electron chi connectivity index (χ0n) is 9.78. The molecular formula is C13H7F4NO2. The molecular weight excluding hydrogens is 278 g/mol. The maximum Gasteiger partial charge on any atom is 0.419 e. The highest BCUT2D eigenvalue weighted by Gasteiger charge is 2.34. The van der Waals surface area contributed by atoms with Crippen molar-refractivity contribution in [2.24, 2.45) is 0 Å². The van der Waals surface area contributed by atoms with E-state index in [0.717, 1.165) is 12.3 Å². The first-order valence-corrected chi connectivity index (χ1v) is 5.35. The van der Waals surface area contributed by atoms with E-state index in [-0.39, 0.29) is 16.7 Å². The molecule has 1 aromatic carbocycles. The van der Waals surface area contributed by atoms with Crippen LogP contribution >= 0.6 is 0 Å². The molecule has 0 saturated heterocycles. The van der Waals surface area contributed by atoms with Gasteiger partial charge in [-0.3, -0.25) is 4.98 Å². The van der Waals surface area contributed by atoms with Crippen LogP contribution in [-0.4, -0.2) is 16.1 Å². The zero-order chi connectivity index (χ0) is 14.9. The van der Waals surface area contributed by atoms with Gasteiger partial charge in [0.1, 0.15) is 5.82 Å². The topological polar surface area (TPSA) is 50.2 Å². The summed E-state index contributed by atoms with van der Waals surface area (Å²) in [6.45, 7) is 0. The Bertz CT molecular complexity index is 668. The summed E-state index contributed by atoms with van der Waals surface area (Å²) < 4.78 is 50.8. The lowest BCUT2D eigenvalue weighted by Gasteiger charge is -2.10. The van der Waals surface area contributed by atoms with E-state index in [1.807, 2.05) is 0 Å². The van der Waals surface area contributed by atoms with E-state index in [4.69, 9.17) is 5.11 Å². The number of carboxylic acid groups (broad SMARTS) is 1. The highest BCUT2D eigenvalue weighted by molar-refractivity contribution is 5.95. The number of hydrogen-bond acceptors (Lipinski definition) is 2. The molecule has 0 atom stereocenters. The minimum atomic E-state index is -4.80. The molecule has 20 heavy (non-hydrogen) atoms. The number of alkyl halides is 3. The number of carbonyl (C=O) groups is 1. The average Bonchev–Trinajstić information content (AvgIpc) is 2.37. The molecule has 0 bridgehead atoms. The summed E-state index contributed by atoms with van der Waals surface area (Å²) in [5.41, 5.74) is -1.50. The summed E-state index contributed by atoms with van der Waals surface area (Å²) in [5.74, 6) is -2.74. The van der Waals surface area contributed by atoms with Crippen LogP contribution in [0.5, 0.6) is 0 Å². The van der Waals surface area contributed by atoms with Gasteiger partial charge in [0.25, 0.3) is 0 Å². The summed E-state index contributed by atoms with van der Waals surface area (Å²) in [6, 6.07) is 3.41. The van der Waals surface area contributed by atoms with Crippen molar-refractivity contribution < 1.29 is 27.5 Å². The molecule has 0 spiro atoms. The molecule has 0 aliphatic heterocycles. The molecule has 0 radical (unpaired) electrons. The number of aromatic carboxylic acids is 1. The van der Waals surface area contributed by atoms with Gasteiger partial charge in [0, 0.05) is 18.0 Å². The monoisotopic (exact) mass is 285 g/mol. The predicted octanol–water partition coefficient (Wildman–Crippen LogP) is 3.60. The predicted molar refractivity (Wildman–Crippen MR) is 61.6 cm³/mol. The van der Waals surface area contributed by atoms with Crippen LogP contribution in [0.2, 0.25) is 0 Å². The first-order valence-electron chi connectivity index (χ1n) is 5.35. The summed E-state index contributed by atoms with van der Waals surface area (Å²) in [5, 5.41) is 8.98. The zero-order valence-corrected chi connectivity index (χ0v) is 9.78. The summed E-state index contributed by atoms with van der Waals surface area (Å²) in [7, 11) is 0. The molecule has 1 heterocycles. The maximum atomic E-state index is 13.5. The van der Waals surface area contributed by atoms with E-state index in [2.05, 4.69) is 4.98 Å². The molecule has 0 aliphatic carbocycles. The number of hydrogen-bond donors (Lipinski definition) is 1. The second-order valence-electron chi connectivity index (χ2n) is 3.92. The Morgan fingerprint density at radius 3 is 2.45 bits per heavy atom. The number of rotatable bonds is 2. The van der Waals surface area contributed by atoms with E-state index < -0.39 is 23.5 Å². The minimum Gasteiger partial charge on any atom is -0.478 e. The normalized spacial score (nSPS) is 11.4. The molecule has 0 amide bonds. The minimum absolute atomic E-state index is 0.0148. The molecule has 2 rings (SSSR count). The van der Waals surface area contributed by atoms with Crippen LogP contribution < -0.4 is 0 Å². The molecule has 0 fully saturated rings. The van der Waals surface area contributed by atoms with Gasteiger partial charge < -0.3 is 5.11 Å². The summed E-state index contributed by atoms with van der Waals surface area (Å²) in [6.07, 6.45) is -2.41. The number of aromatic nitrogens is 1. The standard InChI is InChI=1S/C13H7F4NO2/c14-11-5-7(1-2-10(11)13(15,16)17)9-6-18-4-3-8(9)12(19)20/h1-6H,(H,19,20). The highest BCUT2D eigenvalue weighted by Crippen LogP contribution is 2.33. The van der Waals surface area contributed by atoms with E-state index in [9.17, 15) is 22.4 Å². The third-order valence-corrected chi connectivity index (χ3v) is 2.64. The smallest absolute Gasteiger partial charge is 0.419 e. The second-order valence-corrected chi connectivity index (χ2v) is 3.92. The van der Waals surface area contributed by atoms with Crippen LogP contribution in [0.25, 0.3) is 11.1 Å². The number of pyridine rings is 1. The van der Waals surface area contributed by atoms with Crippen LogP contribution in [0, 0.1) is 5.82 Å². The van der Waals surface area contributed by atoms with E-state index in [0.29, 0.717) is 12.1 Å². The molecule has 2 aromatic rings. The summed E-state index contributed by atoms with van der Waals surface area (Å²) in [4.78, 5) is 14.7. The largest absolute Gasteiger partial charge is 0.478 e. The second kappa shape index (κ2) is 4.92. The fraction of sp³-hybridized carbons (Fsp3) is 0.0769. The number of halogens is 4. The average molecular weight is 285 g/mol. The Morgan fingerprint density at radius 2 is 1.90 bits per heavy atom. The van der Waals surface area contributed by atoms with Crippen molar-refractivity contribution in [3.8, 4) is 11.1 Å². The third kappa shape index (κ3) is 2.61. The Labute approximate surface area is 110 Å². The lowest BCUT2D eigenvalue weighted by atomic mass is 10.0. The molecule has 0 saturated carbocycles. The van der Waals surface area contributed by atoms with Crippen LogP contribution in [0.3, 0.4) is 0 Å². The molecule has 1 N–H and O–H groups in total. The maximum absolute atomic E-state index is 13.5. The molecule has 0 unspecified atom stereocenters. The molecule has 1 aromatic heterocycles.